The number of hydrogen-bond donors (Lipinski definition) is 0. The van der Waals surface area contributed by atoms with Crippen LogP contribution in [0.5, 0.6) is 11.5 Å². The van der Waals surface area contributed by atoms with Gasteiger partial charge in [0, 0.05) is 30.4 Å². The zero-order chi connectivity index (χ0) is 26.0. The third-order valence-electron chi connectivity index (χ3n) is 5.12. The van der Waals surface area contributed by atoms with E-state index in [0.717, 1.165) is 16.2 Å². The normalized spacial score (nSPS) is 15.2. The molecule has 0 fully saturated rings. The van der Waals surface area contributed by atoms with Gasteiger partial charge in [0.15, 0.2) is 4.80 Å². The molecular formula is C25H22N2O7S2. The van der Waals surface area contributed by atoms with E-state index < -0.39 is 23.9 Å². The number of benzene rings is 1. The monoisotopic (exact) mass is 526 g/mol. The lowest BCUT2D eigenvalue weighted by Gasteiger charge is -2.23. The van der Waals surface area contributed by atoms with Gasteiger partial charge < -0.3 is 14.2 Å². The van der Waals surface area contributed by atoms with E-state index in [1.165, 1.54) is 41.9 Å². The highest BCUT2D eigenvalue weighted by molar-refractivity contribution is 7.10. The average Bonchev–Trinajstić information content (AvgIpc) is 3.43. The van der Waals surface area contributed by atoms with Gasteiger partial charge in [-0.15, -0.1) is 11.3 Å². The number of thiazole rings is 1. The first-order valence-corrected chi connectivity index (χ1v) is 12.6. The minimum Gasteiger partial charge on any atom is -0.463 e. The van der Waals surface area contributed by atoms with Crippen molar-refractivity contribution in [3.05, 3.63) is 77.1 Å². The first-order valence-electron chi connectivity index (χ1n) is 10.9. The number of thiophene rings is 1. The number of carbonyl (C=O) groups is 3. The maximum atomic E-state index is 13.6. The third kappa shape index (κ3) is 5.07. The molecule has 1 atom stereocenters. The van der Waals surface area contributed by atoms with E-state index in [-0.39, 0.29) is 23.7 Å². The number of carbonyl (C=O) groups excluding carboxylic acids is 3. The van der Waals surface area contributed by atoms with E-state index in [2.05, 4.69) is 4.99 Å². The van der Waals surface area contributed by atoms with Crippen LogP contribution < -0.4 is 24.4 Å². The second-order valence-corrected chi connectivity index (χ2v) is 9.69. The summed E-state index contributed by atoms with van der Waals surface area (Å²) in [4.78, 5) is 55.2. The predicted molar refractivity (Wildman–Crippen MR) is 134 cm³/mol. The van der Waals surface area contributed by atoms with Crippen LogP contribution in [0, 0.1) is 0 Å². The number of aromatic nitrogens is 1. The smallest absolute Gasteiger partial charge is 0.338 e. The lowest BCUT2D eigenvalue weighted by atomic mass is 10.0. The van der Waals surface area contributed by atoms with Crippen LogP contribution in [0.25, 0.3) is 6.08 Å². The number of rotatable bonds is 6. The number of allylic oxidation sites excluding steroid dienone is 1. The summed E-state index contributed by atoms with van der Waals surface area (Å²) >= 11 is 2.58. The average molecular weight is 527 g/mol. The van der Waals surface area contributed by atoms with Gasteiger partial charge in [-0.2, -0.15) is 0 Å². The van der Waals surface area contributed by atoms with Crippen LogP contribution in [0.4, 0.5) is 0 Å². The Morgan fingerprint density at radius 3 is 2.53 bits per heavy atom. The summed E-state index contributed by atoms with van der Waals surface area (Å²) in [5, 5.41) is 1.87. The van der Waals surface area contributed by atoms with Gasteiger partial charge >= 0.3 is 17.9 Å². The van der Waals surface area contributed by atoms with Crippen LogP contribution in [-0.4, -0.2) is 29.1 Å². The van der Waals surface area contributed by atoms with E-state index in [1.54, 1.807) is 26.0 Å². The summed E-state index contributed by atoms with van der Waals surface area (Å²) in [5.41, 5.74) is 0.861. The molecule has 1 unspecified atom stereocenters. The molecule has 0 radical (unpaired) electrons. The fraction of sp³-hybridized carbons (Fsp3) is 0.240. The Kier molecular flexibility index (Phi) is 7.32. The van der Waals surface area contributed by atoms with E-state index in [1.807, 2.05) is 17.5 Å². The van der Waals surface area contributed by atoms with Crippen molar-refractivity contribution in [1.29, 1.82) is 0 Å². The Morgan fingerprint density at radius 2 is 1.89 bits per heavy atom. The molecular weight excluding hydrogens is 504 g/mol. The topological polar surface area (TPSA) is 113 Å². The van der Waals surface area contributed by atoms with Crippen LogP contribution >= 0.6 is 22.7 Å². The van der Waals surface area contributed by atoms with Gasteiger partial charge in [0.25, 0.3) is 5.56 Å². The predicted octanol–water partition coefficient (Wildman–Crippen LogP) is 2.71. The van der Waals surface area contributed by atoms with Crippen molar-refractivity contribution in [2.24, 2.45) is 4.99 Å². The van der Waals surface area contributed by atoms with E-state index in [4.69, 9.17) is 14.2 Å². The second-order valence-electron chi connectivity index (χ2n) is 7.70. The minimum atomic E-state index is -0.679. The van der Waals surface area contributed by atoms with Gasteiger partial charge in [-0.1, -0.05) is 17.4 Å². The quantitative estimate of drug-likeness (QED) is 0.358. The molecule has 0 bridgehead atoms. The van der Waals surface area contributed by atoms with Gasteiger partial charge in [0.1, 0.15) is 17.5 Å². The fourth-order valence-corrected chi connectivity index (χ4v) is 5.62. The highest BCUT2D eigenvalue weighted by atomic mass is 32.1. The van der Waals surface area contributed by atoms with E-state index in [0.29, 0.717) is 26.2 Å². The molecule has 9 nitrogen and oxygen atoms in total. The molecule has 3 heterocycles. The van der Waals surface area contributed by atoms with Crippen molar-refractivity contribution < 1.29 is 28.6 Å². The maximum Gasteiger partial charge on any atom is 0.338 e. The Hall–Kier alpha value is -3.83. The van der Waals surface area contributed by atoms with E-state index >= 15 is 0 Å². The minimum absolute atomic E-state index is 0.130. The van der Waals surface area contributed by atoms with Crippen molar-refractivity contribution in [2.45, 2.75) is 33.7 Å². The lowest BCUT2D eigenvalue weighted by Crippen LogP contribution is -2.39. The van der Waals surface area contributed by atoms with Crippen molar-refractivity contribution in [3.8, 4) is 11.5 Å². The SMILES string of the molecule is CCOC(=O)C1=C(C)N=c2sc(=Cc3ccc(OC(C)=O)cc3OC(C)=O)c(=O)n2C1c1cccs1. The maximum absolute atomic E-state index is 13.6. The van der Waals surface area contributed by atoms with Gasteiger partial charge in [0.05, 0.1) is 22.4 Å². The number of ether oxygens (including phenoxy) is 3. The second kappa shape index (κ2) is 10.4. The van der Waals surface area contributed by atoms with Crippen LogP contribution in [0.1, 0.15) is 44.2 Å². The molecule has 11 heteroatoms. The van der Waals surface area contributed by atoms with Crippen LogP contribution in [0.2, 0.25) is 0 Å². The van der Waals surface area contributed by atoms with Crippen LogP contribution in [0.3, 0.4) is 0 Å². The molecule has 1 aromatic carbocycles. The third-order valence-corrected chi connectivity index (χ3v) is 7.02. The van der Waals surface area contributed by atoms with Gasteiger partial charge in [-0.3, -0.25) is 19.0 Å². The molecule has 0 spiro atoms. The molecule has 1 aliphatic heterocycles. The highest BCUT2D eigenvalue weighted by Crippen LogP contribution is 2.33. The molecule has 3 aromatic rings. The molecule has 4 rings (SSSR count). The number of hydrogen-bond acceptors (Lipinski definition) is 10. The van der Waals surface area contributed by atoms with Crippen LogP contribution in [-0.2, 0) is 19.1 Å². The summed E-state index contributed by atoms with van der Waals surface area (Å²) in [7, 11) is 0. The first-order chi connectivity index (χ1) is 17.2. The molecule has 2 aromatic heterocycles. The fourth-order valence-electron chi connectivity index (χ4n) is 3.76. The largest absolute Gasteiger partial charge is 0.463 e. The molecule has 36 heavy (non-hydrogen) atoms. The molecule has 0 aliphatic carbocycles. The molecule has 0 saturated carbocycles. The molecule has 186 valence electrons. The van der Waals surface area contributed by atoms with Crippen LogP contribution in [0.15, 0.2) is 56.8 Å². The lowest BCUT2D eigenvalue weighted by molar-refractivity contribution is -0.139. The Bertz CT molecular complexity index is 1560. The van der Waals surface area contributed by atoms with Crippen molar-refractivity contribution >= 4 is 46.7 Å². The Morgan fingerprint density at radius 1 is 1.14 bits per heavy atom. The molecule has 0 amide bonds. The Balaban J connectivity index is 1.89. The number of nitrogens with zero attached hydrogens (tertiary/aromatic N) is 2. The number of esters is 3. The summed E-state index contributed by atoms with van der Waals surface area (Å²) < 4.78 is 17.5. The van der Waals surface area contributed by atoms with E-state index in [9.17, 15) is 19.2 Å². The summed E-state index contributed by atoms with van der Waals surface area (Å²) in [6.45, 7) is 6.14. The van der Waals surface area contributed by atoms with Gasteiger partial charge in [0.2, 0.25) is 0 Å². The van der Waals surface area contributed by atoms with Gasteiger partial charge in [-0.25, -0.2) is 9.79 Å². The zero-order valence-electron chi connectivity index (χ0n) is 19.9. The molecule has 0 N–H and O–H groups in total. The van der Waals surface area contributed by atoms with Gasteiger partial charge in [-0.05, 0) is 43.5 Å². The summed E-state index contributed by atoms with van der Waals surface area (Å²) in [6, 6.07) is 7.56. The van der Waals surface area contributed by atoms with Crippen molar-refractivity contribution in [2.75, 3.05) is 6.61 Å². The molecule has 1 aliphatic rings. The molecule has 0 saturated heterocycles. The summed E-state index contributed by atoms with van der Waals surface area (Å²) in [5.74, 6) is -1.29. The number of fused-ring (bicyclic) bond motifs is 1. The first kappa shape index (κ1) is 25.3. The highest BCUT2D eigenvalue weighted by Gasteiger charge is 2.33. The standard InChI is InChI=1S/C25H22N2O7S2/c1-5-32-24(31)21-13(2)26-25-27(22(21)19-7-6-10-35-19)23(30)20(36-25)11-16-8-9-17(33-14(3)28)12-18(16)34-15(4)29/h6-12,22H,5H2,1-4H3. The zero-order valence-corrected chi connectivity index (χ0v) is 21.5. The summed E-state index contributed by atoms with van der Waals surface area (Å²) in [6.07, 6.45) is 1.58. The van der Waals surface area contributed by atoms with Crippen molar-refractivity contribution in [3.63, 3.8) is 0 Å². The Labute approximate surface area is 213 Å². The van der Waals surface area contributed by atoms with Crippen molar-refractivity contribution in [1.82, 2.24) is 4.57 Å².